The number of aryl methyl sites for hydroxylation is 1. The smallest absolute Gasteiger partial charge is 0.184 e. The summed E-state index contributed by atoms with van der Waals surface area (Å²) < 4.78 is 0. The number of benzene rings is 1. The van der Waals surface area contributed by atoms with Crippen LogP contribution >= 0.6 is 12.2 Å². The predicted molar refractivity (Wildman–Crippen MR) is 59.6 cm³/mol. The Kier molecular flexibility index (Phi) is 3.52. The van der Waals surface area contributed by atoms with Gasteiger partial charge in [0.05, 0.1) is 5.69 Å². The largest absolute Gasteiger partial charge is 0.364 e. The monoisotopic (exact) mass is 195 g/mol. The van der Waals surface area contributed by atoms with Crippen molar-refractivity contribution < 1.29 is 0 Å². The summed E-state index contributed by atoms with van der Waals surface area (Å²) in [5.74, 6) is 0. The van der Waals surface area contributed by atoms with E-state index in [1.165, 1.54) is 5.56 Å². The zero-order valence-electron chi connectivity index (χ0n) is 7.72. The van der Waals surface area contributed by atoms with Crippen LogP contribution in [0.1, 0.15) is 5.56 Å². The van der Waals surface area contributed by atoms with E-state index in [0.29, 0.717) is 5.11 Å². The van der Waals surface area contributed by atoms with Gasteiger partial charge >= 0.3 is 0 Å². The van der Waals surface area contributed by atoms with Crippen LogP contribution in [0.2, 0.25) is 0 Å². The second-order valence-corrected chi connectivity index (χ2v) is 3.10. The number of hydrazine groups is 1. The molecular formula is C9H13N3S. The molecule has 1 rings (SSSR count). The van der Waals surface area contributed by atoms with Gasteiger partial charge < -0.3 is 5.32 Å². The fraction of sp³-hybridized carbons (Fsp3) is 0.222. The van der Waals surface area contributed by atoms with Crippen molar-refractivity contribution in [3.05, 3.63) is 29.8 Å². The van der Waals surface area contributed by atoms with E-state index >= 15 is 0 Å². The highest BCUT2D eigenvalue weighted by atomic mass is 32.1. The number of hydrogen-bond acceptors (Lipinski definition) is 2. The highest BCUT2D eigenvalue weighted by Crippen LogP contribution is 2.06. The molecule has 0 heterocycles. The van der Waals surface area contributed by atoms with Crippen LogP contribution in [0, 0.1) is 6.92 Å². The lowest BCUT2D eigenvalue weighted by molar-refractivity contribution is 1.04. The summed E-state index contributed by atoms with van der Waals surface area (Å²) in [6.45, 7) is 2.05. The third-order valence-corrected chi connectivity index (χ3v) is 1.91. The first-order chi connectivity index (χ1) is 6.22. The van der Waals surface area contributed by atoms with E-state index < -0.39 is 0 Å². The molecule has 0 amide bonds. The van der Waals surface area contributed by atoms with Crippen molar-refractivity contribution in [2.45, 2.75) is 6.92 Å². The normalized spacial score (nSPS) is 9.08. The quantitative estimate of drug-likeness (QED) is 0.492. The summed E-state index contributed by atoms with van der Waals surface area (Å²) in [5.41, 5.74) is 8.03. The minimum Gasteiger partial charge on any atom is -0.364 e. The molecule has 1 aromatic carbocycles. The fourth-order valence-electron chi connectivity index (χ4n) is 0.828. The summed E-state index contributed by atoms with van der Waals surface area (Å²) in [6.07, 6.45) is 0. The minimum atomic E-state index is 0.570. The van der Waals surface area contributed by atoms with Crippen molar-refractivity contribution >= 4 is 23.0 Å². The Morgan fingerprint density at radius 1 is 1.23 bits per heavy atom. The van der Waals surface area contributed by atoms with Crippen LogP contribution in [0.3, 0.4) is 0 Å². The average Bonchev–Trinajstić information content (AvgIpc) is 2.16. The van der Waals surface area contributed by atoms with Crippen LogP contribution in [0.5, 0.6) is 0 Å². The maximum absolute atomic E-state index is 4.90. The maximum atomic E-state index is 4.90. The van der Waals surface area contributed by atoms with Crippen LogP contribution in [0.25, 0.3) is 0 Å². The van der Waals surface area contributed by atoms with Crippen LogP contribution in [0.4, 0.5) is 5.69 Å². The highest BCUT2D eigenvalue weighted by Gasteiger charge is 1.91. The topological polar surface area (TPSA) is 36.1 Å². The number of anilines is 1. The lowest BCUT2D eigenvalue weighted by Gasteiger charge is -2.09. The maximum Gasteiger partial charge on any atom is 0.184 e. The van der Waals surface area contributed by atoms with Gasteiger partial charge in [-0.05, 0) is 31.3 Å². The van der Waals surface area contributed by atoms with Crippen molar-refractivity contribution in [2.75, 3.05) is 12.5 Å². The van der Waals surface area contributed by atoms with Gasteiger partial charge in [0.2, 0.25) is 0 Å². The van der Waals surface area contributed by atoms with Gasteiger partial charge in [-0.2, -0.15) is 0 Å². The molecule has 0 atom stereocenters. The number of hydrogen-bond donors (Lipinski definition) is 3. The summed E-state index contributed by atoms with van der Waals surface area (Å²) in [6, 6.07) is 8.04. The molecule has 0 spiro atoms. The van der Waals surface area contributed by atoms with Gasteiger partial charge in [-0.3, -0.25) is 10.9 Å². The Bertz CT molecular complexity index is 281. The first-order valence-corrected chi connectivity index (χ1v) is 4.43. The molecule has 0 radical (unpaired) electrons. The van der Waals surface area contributed by atoms with Gasteiger partial charge in [0, 0.05) is 7.05 Å². The van der Waals surface area contributed by atoms with Crippen molar-refractivity contribution in [3.63, 3.8) is 0 Å². The zero-order valence-corrected chi connectivity index (χ0v) is 8.53. The molecule has 0 aliphatic rings. The Morgan fingerprint density at radius 2 is 1.85 bits per heavy atom. The molecule has 0 saturated carbocycles. The molecule has 3 nitrogen and oxygen atoms in total. The van der Waals surface area contributed by atoms with Crippen molar-refractivity contribution in [3.8, 4) is 0 Å². The van der Waals surface area contributed by atoms with Gasteiger partial charge in [0.15, 0.2) is 5.11 Å². The van der Waals surface area contributed by atoms with Gasteiger partial charge in [0.25, 0.3) is 0 Å². The lowest BCUT2D eigenvalue weighted by Crippen LogP contribution is -2.36. The van der Waals surface area contributed by atoms with Gasteiger partial charge in [-0.1, -0.05) is 17.7 Å². The lowest BCUT2D eigenvalue weighted by atomic mass is 10.2. The van der Waals surface area contributed by atoms with Crippen LogP contribution in [-0.2, 0) is 0 Å². The van der Waals surface area contributed by atoms with E-state index in [4.69, 9.17) is 12.2 Å². The molecule has 4 heteroatoms. The number of nitrogens with one attached hydrogen (secondary N) is 3. The van der Waals surface area contributed by atoms with Gasteiger partial charge in [-0.25, -0.2) is 0 Å². The minimum absolute atomic E-state index is 0.570. The fourth-order valence-corrected chi connectivity index (χ4v) is 0.879. The molecule has 0 aliphatic carbocycles. The Balaban J connectivity index is 2.46. The summed E-state index contributed by atoms with van der Waals surface area (Å²) in [7, 11) is 1.77. The molecule has 0 saturated heterocycles. The average molecular weight is 195 g/mol. The molecule has 0 aliphatic heterocycles. The predicted octanol–water partition coefficient (Wildman–Crippen LogP) is 1.42. The second kappa shape index (κ2) is 4.67. The molecule has 0 bridgehead atoms. The van der Waals surface area contributed by atoms with E-state index in [1.54, 1.807) is 7.05 Å². The number of rotatable bonds is 2. The molecular weight excluding hydrogens is 182 g/mol. The first kappa shape index (κ1) is 9.80. The van der Waals surface area contributed by atoms with Crippen LogP contribution in [0.15, 0.2) is 24.3 Å². The molecule has 0 unspecified atom stereocenters. The second-order valence-electron chi connectivity index (χ2n) is 2.70. The van der Waals surface area contributed by atoms with Crippen molar-refractivity contribution in [2.24, 2.45) is 0 Å². The molecule has 0 fully saturated rings. The zero-order chi connectivity index (χ0) is 9.68. The number of thiocarbonyl (C=S) groups is 1. The van der Waals surface area contributed by atoms with Gasteiger partial charge in [0.1, 0.15) is 0 Å². The van der Waals surface area contributed by atoms with Gasteiger partial charge in [-0.15, -0.1) is 0 Å². The molecule has 0 aromatic heterocycles. The Labute approximate surface area is 83.5 Å². The SMILES string of the molecule is CNC(=S)NNc1ccc(C)cc1. The van der Waals surface area contributed by atoms with Crippen LogP contribution < -0.4 is 16.2 Å². The van der Waals surface area contributed by atoms with E-state index in [9.17, 15) is 0 Å². The highest BCUT2D eigenvalue weighted by molar-refractivity contribution is 7.80. The molecule has 13 heavy (non-hydrogen) atoms. The van der Waals surface area contributed by atoms with E-state index in [0.717, 1.165) is 5.69 Å². The van der Waals surface area contributed by atoms with Crippen LogP contribution in [-0.4, -0.2) is 12.2 Å². The van der Waals surface area contributed by atoms with E-state index in [-0.39, 0.29) is 0 Å². The Hall–Kier alpha value is -1.29. The van der Waals surface area contributed by atoms with E-state index in [1.807, 2.05) is 24.3 Å². The third kappa shape index (κ3) is 3.29. The standard InChI is InChI=1S/C9H13N3S/c1-7-3-5-8(6-4-7)11-12-9(13)10-2/h3-6,11H,1-2H3,(H2,10,12,13). The van der Waals surface area contributed by atoms with Crippen molar-refractivity contribution in [1.29, 1.82) is 0 Å². The molecule has 1 aromatic rings. The summed E-state index contributed by atoms with van der Waals surface area (Å²) in [5, 5.41) is 3.37. The first-order valence-electron chi connectivity index (χ1n) is 4.03. The molecule has 3 N–H and O–H groups in total. The van der Waals surface area contributed by atoms with Crippen molar-refractivity contribution in [1.82, 2.24) is 10.7 Å². The third-order valence-electron chi connectivity index (χ3n) is 1.60. The summed E-state index contributed by atoms with van der Waals surface area (Å²) >= 11 is 4.90. The Morgan fingerprint density at radius 3 is 2.38 bits per heavy atom. The van der Waals surface area contributed by atoms with E-state index in [2.05, 4.69) is 23.1 Å². The molecule has 70 valence electrons. The summed E-state index contributed by atoms with van der Waals surface area (Å²) in [4.78, 5) is 0.